The minimum Gasteiger partial charge on any atom is -0.491 e. The second-order valence-corrected chi connectivity index (χ2v) is 6.86. The largest absolute Gasteiger partial charge is 0.491 e. The summed E-state index contributed by atoms with van der Waals surface area (Å²) in [5.74, 6) is 0.991. The summed E-state index contributed by atoms with van der Waals surface area (Å²) in [6.45, 7) is 0.0264. The maximum absolute atomic E-state index is 13.2. The van der Waals surface area contributed by atoms with Crippen LogP contribution in [0.1, 0.15) is 0 Å². The number of nitrogens with zero attached hydrogens (tertiary/aromatic N) is 3. The number of fused-ring (bicyclic) bond motifs is 3. The molecule has 2 aliphatic heterocycles. The molecular weight excluding hydrogens is 454 g/mol. The lowest BCUT2D eigenvalue weighted by atomic mass is 10.2. The van der Waals surface area contributed by atoms with E-state index in [0.29, 0.717) is 35.2 Å². The Morgan fingerprint density at radius 2 is 2.08 bits per heavy atom. The molecule has 0 unspecified atom stereocenters. The van der Waals surface area contributed by atoms with Crippen LogP contribution >= 0.6 is 22.6 Å². The van der Waals surface area contributed by atoms with Gasteiger partial charge in [0, 0.05) is 9.77 Å². The number of ether oxygens (including phenoxy) is 2. The maximum Gasteiger partial charge on any atom is 0.416 e. The molecule has 3 heterocycles. The SMILES string of the molecule is O=C1OC[C@@H](C(F)(F)F)N1c1cn2c(n1)-c1ccc(I)cc1OCC2. The summed E-state index contributed by atoms with van der Waals surface area (Å²) < 4.78 is 52.4. The highest BCUT2D eigenvalue weighted by Gasteiger charge is 2.52. The number of alkyl halides is 3. The molecule has 1 fully saturated rings. The summed E-state index contributed by atoms with van der Waals surface area (Å²) in [4.78, 5) is 16.7. The van der Waals surface area contributed by atoms with E-state index in [1.807, 2.05) is 12.1 Å². The quantitative estimate of drug-likeness (QED) is 0.606. The normalized spacial score (nSPS) is 19.8. The van der Waals surface area contributed by atoms with Crippen LogP contribution in [0.2, 0.25) is 0 Å². The lowest BCUT2D eigenvalue weighted by molar-refractivity contribution is -0.147. The number of anilines is 1. The molecule has 0 aliphatic carbocycles. The summed E-state index contributed by atoms with van der Waals surface area (Å²) in [5, 5.41) is 0. The lowest BCUT2D eigenvalue weighted by Gasteiger charge is -2.21. The smallest absolute Gasteiger partial charge is 0.416 e. The fraction of sp³-hybridized carbons (Fsp3) is 0.333. The van der Waals surface area contributed by atoms with Crippen molar-refractivity contribution in [2.24, 2.45) is 0 Å². The number of benzene rings is 1. The molecule has 1 atom stereocenters. The zero-order valence-corrected chi connectivity index (χ0v) is 14.7. The minimum atomic E-state index is -4.59. The third-order valence-corrected chi connectivity index (χ3v) is 4.71. The monoisotopic (exact) mass is 465 g/mol. The van der Waals surface area contributed by atoms with Gasteiger partial charge in [-0.1, -0.05) is 0 Å². The molecule has 132 valence electrons. The third kappa shape index (κ3) is 2.81. The van der Waals surface area contributed by atoms with Crippen molar-refractivity contribution >= 4 is 34.5 Å². The minimum absolute atomic E-state index is 0.0776. The van der Waals surface area contributed by atoms with Crippen molar-refractivity contribution < 1.29 is 27.4 Å². The molecule has 0 radical (unpaired) electrons. The van der Waals surface area contributed by atoms with Crippen LogP contribution in [0.15, 0.2) is 24.4 Å². The first kappa shape index (κ1) is 16.5. The Kier molecular flexibility index (Phi) is 3.81. The van der Waals surface area contributed by atoms with Gasteiger partial charge in [-0.05, 0) is 40.8 Å². The van der Waals surface area contributed by atoms with Crippen molar-refractivity contribution in [1.82, 2.24) is 9.55 Å². The Morgan fingerprint density at radius 1 is 1.28 bits per heavy atom. The van der Waals surface area contributed by atoms with Crippen molar-refractivity contribution in [3.63, 3.8) is 0 Å². The van der Waals surface area contributed by atoms with E-state index < -0.39 is 24.9 Å². The average molecular weight is 465 g/mol. The van der Waals surface area contributed by atoms with E-state index in [-0.39, 0.29) is 5.82 Å². The van der Waals surface area contributed by atoms with Crippen molar-refractivity contribution in [2.45, 2.75) is 18.8 Å². The lowest BCUT2D eigenvalue weighted by Crippen LogP contribution is -2.44. The fourth-order valence-electron chi connectivity index (χ4n) is 2.87. The van der Waals surface area contributed by atoms with Crippen LogP contribution in [-0.2, 0) is 11.3 Å². The van der Waals surface area contributed by atoms with Gasteiger partial charge in [-0.3, -0.25) is 0 Å². The molecule has 1 aromatic carbocycles. The van der Waals surface area contributed by atoms with Gasteiger partial charge in [0.25, 0.3) is 0 Å². The molecule has 1 aromatic heterocycles. The number of rotatable bonds is 1. The summed E-state index contributed by atoms with van der Waals surface area (Å²) in [6, 6.07) is 3.46. The van der Waals surface area contributed by atoms with Crippen molar-refractivity contribution in [3.05, 3.63) is 28.0 Å². The molecule has 4 rings (SSSR count). The molecule has 0 bridgehead atoms. The number of carbonyl (C=O) groups is 1. The highest BCUT2D eigenvalue weighted by molar-refractivity contribution is 14.1. The van der Waals surface area contributed by atoms with Crippen LogP contribution < -0.4 is 9.64 Å². The van der Waals surface area contributed by atoms with Crippen LogP contribution in [0.4, 0.5) is 23.8 Å². The van der Waals surface area contributed by atoms with Gasteiger partial charge in [-0.25, -0.2) is 14.7 Å². The topological polar surface area (TPSA) is 56.6 Å². The molecular formula is C15H11F3IN3O3. The molecule has 0 spiro atoms. The van der Waals surface area contributed by atoms with Crippen LogP contribution in [-0.4, -0.2) is 41.1 Å². The first-order chi connectivity index (χ1) is 11.8. The number of cyclic esters (lactones) is 1. The van der Waals surface area contributed by atoms with E-state index >= 15 is 0 Å². The van der Waals surface area contributed by atoms with Gasteiger partial charge >= 0.3 is 12.3 Å². The zero-order valence-electron chi connectivity index (χ0n) is 12.6. The number of amides is 1. The number of hydrogen-bond donors (Lipinski definition) is 0. The number of aromatic nitrogens is 2. The Bertz CT molecular complexity index is 852. The van der Waals surface area contributed by atoms with E-state index in [4.69, 9.17) is 4.74 Å². The summed E-state index contributed by atoms with van der Waals surface area (Å²) in [7, 11) is 0. The Hall–Kier alpha value is -1.98. The summed E-state index contributed by atoms with van der Waals surface area (Å²) in [6.07, 6.45) is -4.21. The van der Waals surface area contributed by atoms with Crippen LogP contribution in [0, 0.1) is 3.57 Å². The van der Waals surface area contributed by atoms with Crippen molar-refractivity contribution in [1.29, 1.82) is 0 Å². The van der Waals surface area contributed by atoms with E-state index in [9.17, 15) is 18.0 Å². The van der Waals surface area contributed by atoms with E-state index in [1.54, 1.807) is 10.6 Å². The Morgan fingerprint density at radius 3 is 2.84 bits per heavy atom. The molecule has 0 N–H and O–H groups in total. The first-order valence-corrected chi connectivity index (χ1v) is 8.45. The Balaban J connectivity index is 1.79. The summed E-state index contributed by atoms with van der Waals surface area (Å²) >= 11 is 2.15. The predicted octanol–water partition coefficient (Wildman–Crippen LogP) is 3.43. The van der Waals surface area contributed by atoms with Gasteiger partial charge in [0.2, 0.25) is 0 Å². The second-order valence-electron chi connectivity index (χ2n) is 5.61. The molecule has 2 aliphatic rings. The highest BCUT2D eigenvalue weighted by atomic mass is 127. The maximum atomic E-state index is 13.2. The van der Waals surface area contributed by atoms with Gasteiger partial charge < -0.3 is 14.0 Å². The Labute approximate surface area is 153 Å². The van der Waals surface area contributed by atoms with Gasteiger partial charge in [0.1, 0.15) is 24.8 Å². The van der Waals surface area contributed by atoms with Crippen molar-refractivity contribution in [3.8, 4) is 17.1 Å². The zero-order chi connectivity index (χ0) is 17.8. The average Bonchev–Trinajstić information content (AvgIpc) is 3.07. The molecule has 10 heteroatoms. The fourth-order valence-corrected chi connectivity index (χ4v) is 3.34. The van der Waals surface area contributed by atoms with Gasteiger partial charge in [0.05, 0.1) is 12.1 Å². The van der Waals surface area contributed by atoms with Crippen LogP contribution in [0.3, 0.4) is 0 Å². The van der Waals surface area contributed by atoms with Gasteiger partial charge in [-0.15, -0.1) is 0 Å². The van der Waals surface area contributed by atoms with E-state index in [2.05, 4.69) is 32.3 Å². The van der Waals surface area contributed by atoms with E-state index in [1.165, 1.54) is 6.20 Å². The molecule has 2 aromatic rings. The standard InChI is InChI=1S/C15H11F3IN3O3/c16-15(17,18)11-7-25-14(23)22(11)12-6-21-3-4-24-10-5-8(19)1-2-9(10)13(21)20-12/h1-2,5-6,11H,3-4,7H2/t11-/m0/s1. The van der Waals surface area contributed by atoms with Gasteiger partial charge in [0.15, 0.2) is 11.9 Å². The number of halogens is 4. The summed E-state index contributed by atoms with van der Waals surface area (Å²) in [5.41, 5.74) is 0.667. The second kappa shape index (κ2) is 5.78. The molecule has 1 saturated heterocycles. The molecule has 1 amide bonds. The number of carbonyl (C=O) groups excluding carboxylic acids is 1. The third-order valence-electron chi connectivity index (χ3n) is 4.04. The first-order valence-electron chi connectivity index (χ1n) is 7.37. The van der Waals surface area contributed by atoms with Crippen LogP contribution in [0.25, 0.3) is 11.4 Å². The highest BCUT2D eigenvalue weighted by Crippen LogP contribution is 2.37. The number of hydrogen-bond acceptors (Lipinski definition) is 4. The van der Waals surface area contributed by atoms with Crippen LogP contribution in [0.5, 0.6) is 5.75 Å². The number of imidazole rings is 1. The van der Waals surface area contributed by atoms with Gasteiger partial charge in [-0.2, -0.15) is 13.2 Å². The molecule has 6 nitrogen and oxygen atoms in total. The molecule has 25 heavy (non-hydrogen) atoms. The predicted molar refractivity (Wildman–Crippen MR) is 89.5 cm³/mol. The van der Waals surface area contributed by atoms with E-state index in [0.717, 1.165) is 3.57 Å². The molecule has 0 saturated carbocycles. The van der Waals surface area contributed by atoms with Crippen molar-refractivity contribution in [2.75, 3.05) is 18.1 Å².